The number of aliphatic hydroxyl groups is 1. The van der Waals surface area contributed by atoms with E-state index in [0.29, 0.717) is 29.2 Å². The summed E-state index contributed by atoms with van der Waals surface area (Å²) in [5.74, 6) is -1.16. The van der Waals surface area contributed by atoms with Gasteiger partial charge in [-0.15, -0.1) is 0 Å². The van der Waals surface area contributed by atoms with E-state index >= 15 is 0 Å². The molecule has 0 radical (unpaired) electrons. The number of ketones is 1. The number of hydrogen-bond acceptors (Lipinski definition) is 6. The molecule has 192 valence electrons. The molecule has 7 nitrogen and oxygen atoms in total. The molecule has 7 heteroatoms. The number of hydrogen-bond donors (Lipinski definition) is 2. The van der Waals surface area contributed by atoms with Crippen molar-refractivity contribution in [2.45, 2.75) is 33.2 Å². The summed E-state index contributed by atoms with van der Waals surface area (Å²) in [5, 5.41) is 21.5. The van der Waals surface area contributed by atoms with Crippen LogP contribution in [0.15, 0.2) is 78.4 Å². The van der Waals surface area contributed by atoms with Gasteiger partial charge < -0.3 is 19.8 Å². The van der Waals surface area contributed by atoms with Gasteiger partial charge in [-0.25, -0.2) is 0 Å². The number of Topliss-reactive ketones (excluding diaryl/α,β-unsaturated/α-hetero) is 1. The van der Waals surface area contributed by atoms with E-state index in [1.54, 1.807) is 48.5 Å². The maximum atomic E-state index is 13.4. The van der Waals surface area contributed by atoms with Crippen molar-refractivity contribution in [2.24, 2.45) is 0 Å². The topological polar surface area (TPSA) is 90.3 Å². The molecule has 1 unspecified atom stereocenters. The first-order valence-corrected chi connectivity index (χ1v) is 12.6. The smallest absolute Gasteiger partial charge is 0.300 e. The summed E-state index contributed by atoms with van der Waals surface area (Å²) in [7, 11) is 0. The maximum absolute atomic E-state index is 13.4. The number of phenolic OH excluding ortho intramolecular Hbond substituents is 1. The number of ether oxygens (including phenoxy) is 1. The molecule has 0 spiro atoms. The minimum Gasteiger partial charge on any atom is -0.508 e. The molecule has 3 aromatic rings. The third-order valence-electron chi connectivity index (χ3n) is 6.49. The summed E-state index contributed by atoms with van der Waals surface area (Å²) in [6, 6.07) is 19.7. The van der Waals surface area contributed by atoms with E-state index in [-0.39, 0.29) is 17.1 Å². The molecule has 3 aromatic carbocycles. The van der Waals surface area contributed by atoms with E-state index in [0.717, 1.165) is 25.2 Å². The van der Waals surface area contributed by atoms with Gasteiger partial charge in [0.05, 0.1) is 18.2 Å². The molecule has 37 heavy (non-hydrogen) atoms. The lowest BCUT2D eigenvalue weighted by atomic mass is 9.95. The number of rotatable bonds is 9. The predicted molar refractivity (Wildman–Crippen MR) is 145 cm³/mol. The second kappa shape index (κ2) is 11.2. The molecule has 1 aliphatic rings. The highest BCUT2D eigenvalue weighted by molar-refractivity contribution is 6.51. The van der Waals surface area contributed by atoms with Crippen LogP contribution < -0.4 is 14.5 Å². The molecule has 1 amide bonds. The van der Waals surface area contributed by atoms with Crippen LogP contribution in [0.4, 0.5) is 11.4 Å². The first-order chi connectivity index (χ1) is 17.9. The van der Waals surface area contributed by atoms with E-state index in [2.05, 4.69) is 18.7 Å². The van der Waals surface area contributed by atoms with Crippen molar-refractivity contribution in [3.63, 3.8) is 0 Å². The fourth-order valence-corrected chi connectivity index (χ4v) is 4.61. The van der Waals surface area contributed by atoms with Crippen molar-refractivity contribution >= 4 is 28.8 Å². The second-order valence-electron chi connectivity index (χ2n) is 8.83. The van der Waals surface area contributed by atoms with Gasteiger partial charge in [0.2, 0.25) is 0 Å². The summed E-state index contributed by atoms with van der Waals surface area (Å²) in [6.45, 7) is 8.40. The molecule has 2 N–H and O–H groups in total. The van der Waals surface area contributed by atoms with Gasteiger partial charge >= 0.3 is 0 Å². The Bertz CT molecular complexity index is 1290. The van der Waals surface area contributed by atoms with Crippen LogP contribution in [0, 0.1) is 0 Å². The average molecular weight is 501 g/mol. The van der Waals surface area contributed by atoms with E-state index in [4.69, 9.17) is 4.74 Å². The quantitative estimate of drug-likeness (QED) is 0.224. The Kier molecular flexibility index (Phi) is 7.82. The molecular formula is C30H32N2O5. The summed E-state index contributed by atoms with van der Waals surface area (Å²) >= 11 is 0. The SMILES string of the molecule is CCCOc1ccc(/C(O)=C2/C(=O)C(=O)N(c3ccc(N(CC)CC)cc3)C2c2cccc(O)c2)cc1. The van der Waals surface area contributed by atoms with Crippen molar-refractivity contribution in [1.82, 2.24) is 0 Å². The van der Waals surface area contributed by atoms with Crippen LogP contribution >= 0.6 is 0 Å². The number of phenols is 1. The van der Waals surface area contributed by atoms with Crippen LogP contribution in [0.5, 0.6) is 11.5 Å². The number of nitrogens with zero attached hydrogens (tertiary/aromatic N) is 2. The highest BCUT2D eigenvalue weighted by Crippen LogP contribution is 2.43. The molecule has 1 heterocycles. The molecule has 1 fully saturated rings. The molecule has 1 aliphatic heterocycles. The number of aromatic hydroxyl groups is 1. The Morgan fingerprint density at radius 1 is 0.946 bits per heavy atom. The van der Waals surface area contributed by atoms with Crippen LogP contribution in [0.1, 0.15) is 44.4 Å². The highest BCUT2D eigenvalue weighted by Gasteiger charge is 2.47. The zero-order valence-electron chi connectivity index (χ0n) is 21.3. The predicted octanol–water partition coefficient (Wildman–Crippen LogP) is 5.65. The van der Waals surface area contributed by atoms with Crippen LogP contribution in [-0.4, -0.2) is 41.6 Å². The standard InChI is InChI=1S/C30H32N2O5/c1-4-18-37-25-16-10-20(11-17-25)28(34)26-27(21-8-7-9-24(33)19-21)32(30(36)29(26)35)23-14-12-22(13-15-23)31(5-2)6-3/h7-17,19,27,33-34H,4-6,18H2,1-3H3/b28-26-. The van der Waals surface area contributed by atoms with Crippen molar-refractivity contribution in [1.29, 1.82) is 0 Å². The molecule has 0 saturated carbocycles. The molecule has 4 rings (SSSR count). The van der Waals surface area contributed by atoms with Gasteiger partial charge in [0.1, 0.15) is 17.3 Å². The lowest BCUT2D eigenvalue weighted by Crippen LogP contribution is -2.29. The average Bonchev–Trinajstić information content (AvgIpc) is 3.18. The minimum atomic E-state index is -0.914. The fourth-order valence-electron chi connectivity index (χ4n) is 4.61. The third-order valence-corrected chi connectivity index (χ3v) is 6.49. The largest absolute Gasteiger partial charge is 0.508 e. The van der Waals surface area contributed by atoms with E-state index < -0.39 is 17.7 Å². The van der Waals surface area contributed by atoms with Gasteiger partial charge in [0, 0.05) is 30.0 Å². The third kappa shape index (κ3) is 5.16. The number of anilines is 2. The fraction of sp³-hybridized carbons (Fsp3) is 0.267. The Morgan fingerprint density at radius 2 is 1.62 bits per heavy atom. The Balaban J connectivity index is 1.81. The van der Waals surface area contributed by atoms with Gasteiger partial charge in [-0.2, -0.15) is 0 Å². The molecule has 0 aromatic heterocycles. The van der Waals surface area contributed by atoms with Crippen molar-refractivity contribution in [3.05, 3.63) is 89.5 Å². The summed E-state index contributed by atoms with van der Waals surface area (Å²) < 4.78 is 5.62. The van der Waals surface area contributed by atoms with Crippen molar-refractivity contribution in [2.75, 3.05) is 29.5 Å². The normalized spacial score (nSPS) is 16.7. The Hall–Kier alpha value is -4.26. The monoisotopic (exact) mass is 500 g/mol. The first kappa shape index (κ1) is 25.8. The molecular weight excluding hydrogens is 468 g/mol. The van der Waals surface area contributed by atoms with Crippen LogP contribution in [0.2, 0.25) is 0 Å². The van der Waals surface area contributed by atoms with Crippen LogP contribution in [0.3, 0.4) is 0 Å². The highest BCUT2D eigenvalue weighted by atomic mass is 16.5. The van der Waals surface area contributed by atoms with Gasteiger partial charge in [-0.05, 0) is 86.5 Å². The number of benzene rings is 3. The zero-order valence-corrected chi connectivity index (χ0v) is 21.3. The molecule has 0 bridgehead atoms. The van der Waals surface area contributed by atoms with Crippen LogP contribution in [-0.2, 0) is 9.59 Å². The maximum Gasteiger partial charge on any atom is 0.300 e. The number of carbonyl (C=O) groups is 2. The number of aliphatic hydroxyl groups excluding tert-OH is 1. The lowest BCUT2D eigenvalue weighted by molar-refractivity contribution is -0.132. The van der Waals surface area contributed by atoms with Gasteiger partial charge in [0.25, 0.3) is 11.7 Å². The Labute approximate surface area is 217 Å². The van der Waals surface area contributed by atoms with Crippen LogP contribution in [0.25, 0.3) is 5.76 Å². The summed E-state index contributed by atoms with van der Waals surface area (Å²) in [6.07, 6.45) is 0.866. The molecule has 1 atom stereocenters. The number of amides is 1. The summed E-state index contributed by atoms with van der Waals surface area (Å²) in [4.78, 5) is 30.3. The van der Waals surface area contributed by atoms with Gasteiger partial charge in [0.15, 0.2) is 0 Å². The Morgan fingerprint density at radius 3 is 2.22 bits per heavy atom. The minimum absolute atomic E-state index is 0.00241. The molecule has 0 aliphatic carbocycles. The molecule has 1 saturated heterocycles. The zero-order chi connectivity index (χ0) is 26.5. The second-order valence-corrected chi connectivity index (χ2v) is 8.83. The number of carbonyl (C=O) groups excluding carboxylic acids is 2. The van der Waals surface area contributed by atoms with Gasteiger partial charge in [-0.1, -0.05) is 19.1 Å². The first-order valence-electron chi connectivity index (χ1n) is 12.6. The van der Waals surface area contributed by atoms with Crippen molar-refractivity contribution in [3.8, 4) is 11.5 Å². The van der Waals surface area contributed by atoms with E-state index in [1.165, 1.54) is 17.0 Å². The summed E-state index contributed by atoms with van der Waals surface area (Å²) in [5.41, 5.74) is 2.39. The van der Waals surface area contributed by atoms with E-state index in [9.17, 15) is 19.8 Å². The lowest BCUT2D eigenvalue weighted by Gasteiger charge is -2.27. The van der Waals surface area contributed by atoms with E-state index in [1.807, 2.05) is 19.1 Å². The van der Waals surface area contributed by atoms with Gasteiger partial charge in [-0.3, -0.25) is 14.5 Å². The van der Waals surface area contributed by atoms with Crippen molar-refractivity contribution < 1.29 is 24.5 Å².